The van der Waals surface area contributed by atoms with E-state index < -0.39 is 0 Å². The monoisotopic (exact) mass is 293 g/mol. The molecule has 0 aromatic rings. The maximum Gasteiger partial charge on any atom is 0.0223 e. The maximum absolute atomic E-state index is 3.87. The van der Waals surface area contributed by atoms with E-state index in [1.165, 1.54) is 90.8 Å². The Balaban J connectivity index is 1.50. The van der Waals surface area contributed by atoms with Crippen LogP contribution in [0, 0.1) is 11.8 Å². The summed E-state index contributed by atoms with van der Waals surface area (Å²) in [6.07, 6.45) is 10.1. The Labute approximate surface area is 131 Å². The van der Waals surface area contributed by atoms with Crippen molar-refractivity contribution < 1.29 is 0 Å². The molecule has 0 spiro atoms. The van der Waals surface area contributed by atoms with Crippen molar-refractivity contribution in [3.05, 3.63) is 0 Å². The van der Waals surface area contributed by atoms with Crippen LogP contribution in [0.4, 0.5) is 0 Å². The standard InChI is InChI=1S/C18H35N3/c1-2-20-12-9-16(13-20)14-21-11-6-10-19-18(15-21)17-7-4-3-5-8-17/h16-19H,2-15H2,1H3. The quantitative estimate of drug-likeness (QED) is 0.859. The largest absolute Gasteiger partial charge is 0.312 e. The van der Waals surface area contributed by atoms with Crippen LogP contribution < -0.4 is 5.32 Å². The van der Waals surface area contributed by atoms with Gasteiger partial charge in [-0.1, -0.05) is 26.2 Å². The molecule has 21 heavy (non-hydrogen) atoms. The lowest BCUT2D eigenvalue weighted by Crippen LogP contribution is -2.44. The average Bonchev–Trinajstić information content (AvgIpc) is 2.85. The summed E-state index contributed by atoms with van der Waals surface area (Å²) in [6, 6.07) is 0.775. The van der Waals surface area contributed by atoms with Crippen LogP contribution in [0.25, 0.3) is 0 Å². The van der Waals surface area contributed by atoms with E-state index in [4.69, 9.17) is 0 Å². The molecule has 0 aromatic heterocycles. The Kier molecular flexibility index (Phi) is 5.96. The van der Waals surface area contributed by atoms with Crippen LogP contribution in [-0.2, 0) is 0 Å². The summed E-state index contributed by atoms with van der Waals surface area (Å²) in [5.74, 6) is 1.88. The first-order valence-electron chi connectivity index (χ1n) is 9.53. The summed E-state index contributed by atoms with van der Waals surface area (Å²) in [5.41, 5.74) is 0. The molecule has 1 aliphatic carbocycles. The van der Waals surface area contributed by atoms with Gasteiger partial charge < -0.3 is 15.1 Å². The molecule has 2 aliphatic heterocycles. The molecule has 3 aliphatic rings. The third kappa shape index (κ3) is 4.43. The molecule has 2 atom stereocenters. The van der Waals surface area contributed by atoms with Crippen LogP contribution in [-0.4, -0.2) is 61.7 Å². The molecule has 3 nitrogen and oxygen atoms in total. The van der Waals surface area contributed by atoms with E-state index in [-0.39, 0.29) is 0 Å². The summed E-state index contributed by atoms with van der Waals surface area (Å²) < 4.78 is 0. The fraction of sp³-hybridized carbons (Fsp3) is 1.00. The molecule has 1 saturated carbocycles. The van der Waals surface area contributed by atoms with E-state index in [2.05, 4.69) is 22.0 Å². The molecule has 3 rings (SSSR count). The number of hydrogen-bond donors (Lipinski definition) is 1. The van der Waals surface area contributed by atoms with Gasteiger partial charge >= 0.3 is 0 Å². The van der Waals surface area contributed by atoms with Gasteiger partial charge in [-0.25, -0.2) is 0 Å². The second-order valence-electron chi connectivity index (χ2n) is 7.62. The van der Waals surface area contributed by atoms with Gasteiger partial charge in [0, 0.05) is 25.7 Å². The Morgan fingerprint density at radius 3 is 2.52 bits per heavy atom. The second kappa shape index (κ2) is 7.94. The first kappa shape index (κ1) is 15.8. The highest BCUT2D eigenvalue weighted by atomic mass is 15.2. The van der Waals surface area contributed by atoms with Crippen molar-refractivity contribution in [3.8, 4) is 0 Å². The lowest BCUT2D eigenvalue weighted by atomic mass is 9.83. The van der Waals surface area contributed by atoms with Gasteiger partial charge in [-0.05, 0) is 63.7 Å². The predicted molar refractivity (Wildman–Crippen MR) is 89.6 cm³/mol. The molecule has 2 unspecified atom stereocenters. The fourth-order valence-electron chi connectivity index (χ4n) is 4.76. The predicted octanol–water partition coefficient (Wildman–Crippen LogP) is 2.57. The molecule has 0 aromatic carbocycles. The Morgan fingerprint density at radius 2 is 1.76 bits per heavy atom. The van der Waals surface area contributed by atoms with Crippen LogP contribution >= 0.6 is 0 Å². The fourth-order valence-corrected chi connectivity index (χ4v) is 4.76. The summed E-state index contributed by atoms with van der Waals surface area (Å²) >= 11 is 0. The number of nitrogens with one attached hydrogen (secondary N) is 1. The third-order valence-corrected chi connectivity index (χ3v) is 6.06. The average molecular weight is 293 g/mol. The van der Waals surface area contributed by atoms with E-state index in [1.54, 1.807) is 0 Å². The van der Waals surface area contributed by atoms with Gasteiger partial charge in [-0.15, -0.1) is 0 Å². The van der Waals surface area contributed by atoms with Gasteiger partial charge in [0.2, 0.25) is 0 Å². The zero-order chi connectivity index (χ0) is 14.5. The first-order chi connectivity index (χ1) is 10.3. The number of rotatable bonds is 4. The molecule has 3 heteroatoms. The highest BCUT2D eigenvalue weighted by molar-refractivity contribution is 4.86. The molecule has 0 amide bonds. The lowest BCUT2D eigenvalue weighted by Gasteiger charge is -2.33. The Morgan fingerprint density at radius 1 is 0.905 bits per heavy atom. The minimum absolute atomic E-state index is 0.775. The topological polar surface area (TPSA) is 18.5 Å². The van der Waals surface area contributed by atoms with Gasteiger partial charge in [0.25, 0.3) is 0 Å². The van der Waals surface area contributed by atoms with Crippen molar-refractivity contribution in [2.75, 3.05) is 45.8 Å². The minimum atomic E-state index is 0.775. The highest BCUT2D eigenvalue weighted by Gasteiger charge is 2.29. The van der Waals surface area contributed by atoms with Crippen molar-refractivity contribution in [1.82, 2.24) is 15.1 Å². The molecule has 0 radical (unpaired) electrons. The molecule has 2 heterocycles. The molecular formula is C18H35N3. The summed E-state index contributed by atoms with van der Waals surface area (Å²) in [7, 11) is 0. The van der Waals surface area contributed by atoms with Crippen molar-refractivity contribution >= 4 is 0 Å². The van der Waals surface area contributed by atoms with Gasteiger partial charge in [-0.3, -0.25) is 0 Å². The van der Waals surface area contributed by atoms with Crippen LogP contribution in [0.3, 0.4) is 0 Å². The van der Waals surface area contributed by atoms with E-state index in [9.17, 15) is 0 Å². The van der Waals surface area contributed by atoms with Crippen LogP contribution in [0.15, 0.2) is 0 Å². The van der Waals surface area contributed by atoms with E-state index in [0.717, 1.165) is 17.9 Å². The van der Waals surface area contributed by atoms with Gasteiger partial charge in [-0.2, -0.15) is 0 Å². The van der Waals surface area contributed by atoms with Crippen molar-refractivity contribution in [2.45, 2.75) is 57.9 Å². The van der Waals surface area contributed by atoms with Crippen molar-refractivity contribution in [2.24, 2.45) is 11.8 Å². The summed E-state index contributed by atoms with van der Waals surface area (Å²) in [4.78, 5) is 5.42. The molecule has 2 saturated heterocycles. The van der Waals surface area contributed by atoms with Crippen molar-refractivity contribution in [1.29, 1.82) is 0 Å². The highest BCUT2D eigenvalue weighted by Crippen LogP contribution is 2.28. The van der Waals surface area contributed by atoms with Gasteiger partial charge in [0.15, 0.2) is 0 Å². The van der Waals surface area contributed by atoms with E-state index >= 15 is 0 Å². The minimum Gasteiger partial charge on any atom is -0.312 e. The van der Waals surface area contributed by atoms with Gasteiger partial charge in [0.05, 0.1) is 0 Å². The Hall–Kier alpha value is -0.120. The number of likely N-dealkylation sites (tertiary alicyclic amines) is 1. The zero-order valence-corrected chi connectivity index (χ0v) is 14.0. The smallest absolute Gasteiger partial charge is 0.0223 e. The third-order valence-electron chi connectivity index (χ3n) is 6.06. The summed E-state index contributed by atoms with van der Waals surface area (Å²) in [6.45, 7) is 11.4. The normalized spacial score (nSPS) is 34.1. The molecule has 3 fully saturated rings. The SMILES string of the molecule is CCN1CCC(CN2CCCNC(C3CCCCC3)C2)C1. The second-order valence-corrected chi connectivity index (χ2v) is 7.62. The van der Waals surface area contributed by atoms with Crippen LogP contribution in [0.2, 0.25) is 0 Å². The van der Waals surface area contributed by atoms with Crippen LogP contribution in [0.1, 0.15) is 51.9 Å². The van der Waals surface area contributed by atoms with Gasteiger partial charge in [0.1, 0.15) is 0 Å². The Bertz CT molecular complexity index is 301. The number of nitrogens with zero attached hydrogens (tertiary/aromatic N) is 2. The van der Waals surface area contributed by atoms with Crippen molar-refractivity contribution in [3.63, 3.8) is 0 Å². The molecule has 0 bridgehead atoms. The van der Waals surface area contributed by atoms with Crippen LogP contribution in [0.5, 0.6) is 0 Å². The lowest BCUT2D eigenvalue weighted by molar-refractivity contribution is 0.185. The van der Waals surface area contributed by atoms with E-state index in [1.807, 2.05) is 0 Å². The molecule has 1 N–H and O–H groups in total. The molecule has 122 valence electrons. The molecular weight excluding hydrogens is 258 g/mol. The summed E-state index contributed by atoms with van der Waals surface area (Å²) in [5, 5.41) is 3.87. The first-order valence-corrected chi connectivity index (χ1v) is 9.53. The maximum atomic E-state index is 3.87. The number of hydrogen-bond acceptors (Lipinski definition) is 3. The van der Waals surface area contributed by atoms with E-state index in [0.29, 0.717) is 0 Å². The zero-order valence-electron chi connectivity index (χ0n) is 14.0.